The highest BCUT2D eigenvalue weighted by atomic mass is 19.1. The van der Waals surface area contributed by atoms with Crippen LogP contribution < -0.4 is 5.32 Å². The third kappa shape index (κ3) is 4.51. The summed E-state index contributed by atoms with van der Waals surface area (Å²) in [6.07, 6.45) is 2.21. The number of carbonyl (C=O) groups is 1. The quantitative estimate of drug-likeness (QED) is 0.830. The summed E-state index contributed by atoms with van der Waals surface area (Å²) in [5.74, 6) is 0.777. The molecule has 2 heterocycles. The van der Waals surface area contributed by atoms with E-state index in [1.54, 1.807) is 12.1 Å². The highest BCUT2D eigenvalue weighted by molar-refractivity contribution is 5.81. The lowest BCUT2D eigenvalue weighted by molar-refractivity contribution is -0.126. The Kier molecular flexibility index (Phi) is 5.18. The zero-order chi connectivity index (χ0) is 18.8. The number of halogens is 1. The molecule has 1 atom stereocenters. The molecule has 1 aliphatic heterocycles. The van der Waals surface area contributed by atoms with Gasteiger partial charge in [-0.15, -0.1) is 10.2 Å². The zero-order valence-electron chi connectivity index (χ0n) is 15.4. The molecule has 1 aromatic carbocycles. The van der Waals surface area contributed by atoms with Gasteiger partial charge in [0.1, 0.15) is 5.82 Å². The molecule has 2 aromatic rings. The fraction of sp³-hybridized carbons (Fsp3) is 0.526. The largest absolute Gasteiger partial charge is 0.419 e. The van der Waals surface area contributed by atoms with E-state index in [-0.39, 0.29) is 17.8 Å². The summed E-state index contributed by atoms with van der Waals surface area (Å²) in [7, 11) is 0. The molecule has 0 bridgehead atoms. The summed E-state index contributed by atoms with van der Waals surface area (Å²) in [6, 6.07) is 6.30. The first-order valence-corrected chi connectivity index (χ1v) is 9.43. The summed E-state index contributed by atoms with van der Waals surface area (Å²) >= 11 is 0. The summed E-state index contributed by atoms with van der Waals surface area (Å²) in [4.78, 5) is 16.7. The molecular formula is C19H24FN5O2. The predicted octanol–water partition coefficient (Wildman–Crippen LogP) is 1.66. The van der Waals surface area contributed by atoms with Crippen LogP contribution in [0.5, 0.6) is 0 Å². The van der Waals surface area contributed by atoms with Gasteiger partial charge in [-0.3, -0.25) is 14.6 Å². The van der Waals surface area contributed by atoms with Crippen LogP contribution in [0.25, 0.3) is 11.5 Å². The molecule has 1 saturated heterocycles. The van der Waals surface area contributed by atoms with Gasteiger partial charge in [0.05, 0.1) is 12.6 Å². The molecule has 27 heavy (non-hydrogen) atoms. The number of nitrogens with one attached hydrogen (secondary N) is 1. The highest BCUT2D eigenvalue weighted by Crippen LogP contribution is 2.20. The number of benzene rings is 1. The van der Waals surface area contributed by atoms with Gasteiger partial charge in [0.15, 0.2) is 0 Å². The van der Waals surface area contributed by atoms with E-state index in [4.69, 9.17) is 4.42 Å². The SMILES string of the molecule is C[C@H](C(=O)NC1CC1)N1CCN(Cc2nnc(-c3ccc(F)cc3)o2)CC1. The molecule has 1 aliphatic carbocycles. The van der Waals surface area contributed by atoms with Gasteiger partial charge >= 0.3 is 0 Å². The van der Waals surface area contributed by atoms with Crippen molar-refractivity contribution >= 4 is 5.91 Å². The van der Waals surface area contributed by atoms with E-state index in [2.05, 4.69) is 25.3 Å². The number of aromatic nitrogens is 2. The highest BCUT2D eigenvalue weighted by Gasteiger charge is 2.30. The fourth-order valence-electron chi connectivity index (χ4n) is 3.24. The molecule has 0 radical (unpaired) electrons. The topological polar surface area (TPSA) is 74.5 Å². The lowest BCUT2D eigenvalue weighted by atomic mass is 10.2. The maximum absolute atomic E-state index is 13.0. The summed E-state index contributed by atoms with van der Waals surface area (Å²) in [5, 5.41) is 11.2. The van der Waals surface area contributed by atoms with E-state index in [0.717, 1.165) is 39.0 Å². The molecule has 2 aliphatic rings. The Labute approximate surface area is 157 Å². The maximum atomic E-state index is 13.0. The molecule has 1 saturated carbocycles. The standard InChI is InChI=1S/C19H24FN5O2/c1-13(18(26)21-16-6-7-16)25-10-8-24(9-11-25)12-17-22-23-19(27-17)14-2-4-15(20)5-3-14/h2-5,13,16H,6-12H2,1H3,(H,21,26)/t13-/m1/s1. The van der Waals surface area contributed by atoms with Crippen LogP contribution in [-0.2, 0) is 11.3 Å². The Hall–Kier alpha value is -2.32. The van der Waals surface area contributed by atoms with Crippen molar-refractivity contribution in [3.05, 3.63) is 36.0 Å². The maximum Gasteiger partial charge on any atom is 0.247 e. The van der Waals surface area contributed by atoms with Gasteiger partial charge in [0.25, 0.3) is 0 Å². The number of hydrogen-bond acceptors (Lipinski definition) is 6. The molecule has 1 aromatic heterocycles. The first-order chi connectivity index (χ1) is 13.1. The first-order valence-electron chi connectivity index (χ1n) is 9.43. The minimum Gasteiger partial charge on any atom is -0.419 e. The minimum absolute atomic E-state index is 0.0961. The van der Waals surface area contributed by atoms with Crippen molar-refractivity contribution in [1.29, 1.82) is 0 Å². The predicted molar refractivity (Wildman–Crippen MR) is 97.2 cm³/mol. The average Bonchev–Trinajstić information content (AvgIpc) is 3.37. The van der Waals surface area contributed by atoms with Crippen LogP contribution in [-0.4, -0.2) is 64.2 Å². The number of nitrogens with zero attached hydrogens (tertiary/aromatic N) is 4. The van der Waals surface area contributed by atoms with Crippen LogP contribution in [0, 0.1) is 5.82 Å². The van der Waals surface area contributed by atoms with Gasteiger partial charge in [0.2, 0.25) is 17.7 Å². The second-order valence-corrected chi connectivity index (χ2v) is 7.28. The third-order valence-corrected chi connectivity index (χ3v) is 5.17. The van der Waals surface area contributed by atoms with Crippen molar-refractivity contribution in [2.24, 2.45) is 0 Å². The van der Waals surface area contributed by atoms with Crippen LogP contribution in [0.1, 0.15) is 25.7 Å². The Bertz CT molecular complexity index is 782. The number of amides is 1. The van der Waals surface area contributed by atoms with Crippen molar-refractivity contribution in [3.63, 3.8) is 0 Å². The molecule has 0 spiro atoms. The molecule has 4 rings (SSSR count). The summed E-state index contributed by atoms with van der Waals surface area (Å²) in [5.41, 5.74) is 0.704. The van der Waals surface area contributed by atoms with Gasteiger partial charge < -0.3 is 9.73 Å². The first kappa shape index (κ1) is 18.1. The monoisotopic (exact) mass is 373 g/mol. The Morgan fingerprint density at radius 1 is 1.22 bits per heavy atom. The van der Waals surface area contributed by atoms with Crippen LogP contribution >= 0.6 is 0 Å². The van der Waals surface area contributed by atoms with Crippen LogP contribution in [0.15, 0.2) is 28.7 Å². The Morgan fingerprint density at radius 3 is 2.59 bits per heavy atom. The minimum atomic E-state index is -0.295. The lowest BCUT2D eigenvalue weighted by Crippen LogP contribution is -2.53. The normalized spacial score (nSPS) is 19.8. The van der Waals surface area contributed by atoms with E-state index >= 15 is 0 Å². The zero-order valence-corrected chi connectivity index (χ0v) is 15.4. The van der Waals surface area contributed by atoms with Crippen LogP contribution in [0.4, 0.5) is 4.39 Å². The van der Waals surface area contributed by atoms with E-state index < -0.39 is 0 Å². The van der Waals surface area contributed by atoms with Gasteiger partial charge in [0, 0.05) is 37.8 Å². The van der Waals surface area contributed by atoms with Crippen LogP contribution in [0.3, 0.4) is 0 Å². The van der Waals surface area contributed by atoms with Crippen molar-refractivity contribution in [2.75, 3.05) is 26.2 Å². The number of rotatable bonds is 6. The number of hydrogen-bond donors (Lipinski definition) is 1. The van der Waals surface area contributed by atoms with E-state index in [0.29, 0.717) is 29.9 Å². The molecule has 1 amide bonds. The molecular weight excluding hydrogens is 349 g/mol. The molecule has 0 unspecified atom stereocenters. The van der Waals surface area contributed by atoms with Crippen LogP contribution in [0.2, 0.25) is 0 Å². The van der Waals surface area contributed by atoms with Crippen molar-refractivity contribution in [2.45, 2.75) is 38.4 Å². The van der Waals surface area contributed by atoms with Crippen molar-refractivity contribution < 1.29 is 13.6 Å². The van der Waals surface area contributed by atoms with Crippen molar-refractivity contribution in [3.8, 4) is 11.5 Å². The molecule has 2 fully saturated rings. The number of piperazine rings is 1. The summed E-state index contributed by atoms with van der Waals surface area (Å²) in [6.45, 7) is 5.89. The number of carbonyl (C=O) groups excluding carboxylic acids is 1. The fourth-order valence-corrected chi connectivity index (χ4v) is 3.24. The van der Waals surface area contributed by atoms with Gasteiger partial charge in [-0.25, -0.2) is 4.39 Å². The Balaban J connectivity index is 1.28. The molecule has 144 valence electrons. The van der Waals surface area contributed by atoms with E-state index in [1.807, 2.05) is 6.92 Å². The molecule has 7 nitrogen and oxygen atoms in total. The van der Waals surface area contributed by atoms with E-state index in [9.17, 15) is 9.18 Å². The lowest BCUT2D eigenvalue weighted by Gasteiger charge is -2.36. The second kappa shape index (κ2) is 7.74. The second-order valence-electron chi connectivity index (χ2n) is 7.28. The Morgan fingerprint density at radius 2 is 1.93 bits per heavy atom. The van der Waals surface area contributed by atoms with Gasteiger partial charge in [-0.05, 0) is 44.0 Å². The van der Waals surface area contributed by atoms with Gasteiger partial charge in [-0.2, -0.15) is 0 Å². The van der Waals surface area contributed by atoms with E-state index in [1.165, 1.54) is 12.1 Å². The third-order valence-electron chi connectivity index (χ3n) is 5.17. The summed E-state index contributed by atoms with van der Waals surface area (Å²) < 4.78 is 18.7. The average molecular weight is 373 g/mol. The van der Waals surface area contributed by atoms with Crippen molar-refractivity contribution in [1.82, 2.24) is 25.3 Å². The smallest absolute Gasteiger partial charge is 0.247 e. The molecule has 1 N–H and O–H groups in total. The van der Waals surface area contributed by atoms with Gasteiger partial charge in [-0.1, -0.05) is 0 Å². The molecule has 8 heteroatoms.